The number of anilines is 1. The van der Waals surface area contributed by atoms with Gasteiger partial charge in [-0.2, -0.15) is 5.10 Å². The number of nitrogens with zero attached hydrogens (tertiary/aromatic N) is 4. The maximum Gasteiger partial charge on any atom is 0.0896 e. The van der Waals surface area contributed by atoms with E-state index in [1.54, 1.807) is 6.20 Å². The minimum absolute atomic E-state index is 0.833. The summed E-state index contributed by atoms with van der Waals surface area (Å²) in [6.45, 7) is 2.12. The zero-order valence-corrected chi connectivity index (χ0v) is 12.6. The van der Waals surface area contributed by atoms with Crippen molar-refractivity contribution in [1.29, 1.82) is 0 Å². The van der Waals surface area contributed by atoms with E-state index in [2.05, 4.69) is 40.8 Å². The second kappa shape index (κ2) is 4.59. The summed E-state index contributed by atoms with van der Waals surface area (Å²) in [4.78, 5) is 4.19. The van der Waals surface area contributed by atoms with Crippen LogP contribution in [0.25, 0.3) is 27.5 Å². The molecule has 0 bridgehead atoms. The highest BCUT2D eigenvalue weighted by Gasteiger charge is 2.15. The number of fused-ring (bicyclic) bond motifs is 3. The van der Waals surface area contributed by atoms with Gasteiger partial charge in [0.15, 0.2) is 0 Å². The first kappa shape index (κ1) is 12.9. The third kappa shape index (κ3) is 1.65. The molecule has 0 aliphatic heterocycles. The summed E-state index contributed by atoms with van der Waals surface area (Å²) in [6.07, 6.45) is 8.42. The second-order valence-electron chi connectivity index (χ2n) is 5.48. The molecule has 0 atom stereocenters. The third-order valence-corrected chi connectivity index (χ3v) is 4.28. The van der Waals surface area contributed by atoms with E-state index in [-0.39, 0.29) is 0 Å². The average Bonchev–Trinajstić information content (AvgIpc) is 3.08. The molecule has 5 heteroatoms. The van der Waals surface area contributed by atoms with Crippen LogP contribution in [-0.2, 0) is 13.5 Å². The molecular weight excluding hydrogens is 274 g/mol. The van der Waals surface area contributed by atoms with Gasteiger partial charge in [0.2, 0.25) is 0 Å². The highest BCUT2D eigenvalue weighted by molar-refractivity contribution is 6.02. The number of rotatable bonds is 2. The largest absolute Gasteiger partial charge is 0.397 e. The van der Waals surface area contributed by atoms with E-state index in [1.807, 2.05) is 29.2 Å². The summed E-state index contributed by atoms with van der Waals surface area (Å²) < 4.78 is 4.08. The van der Waals surface area contributed by atoms with Crippen molar-refractivity contribution in [2.75, 3.05) is 5.73 Å². The zero-order chi connectivity index (χ0) is 15.3. The van der Waals surface area contributed by atoms with Gasteiger partial charge in [-0.15, -0.1) is 0 Å². The third-order valence-electron chi connectivity index (χ3n) is 4.28. The van der Waals surface area contributed by atoms with Crippen LogP contribution in [0.4, 0.5) is 5.69 Å². The fourth-order valence-electron chi connectivity index (χ4n) is 3.18. The molecule has 4 rings (SSSR count). The lowest BCUT2D eigenvalue weighted by Crippen LogP contribution is -1.97. The van der Waals surface area contributed by atoms with Gasteiger partial charge in [0.1, 0.15) is 0 Å². The number of aromatic nitrogens is 4. The molecule has 110 valence electrons. The van der Waals surface area contributed by atoms with Crippen LogP contribution in [-0.4, -0.2) is 19.2 Å². The fraction of sp³-hybridized carbons (Fsp3) is 0.176. The smallest absolute Gasteiger partial charge is 0.0896 e. The number of nitrogen functional groups attached to an aromatic ring is 1. The SMILES string of the molecule is CCc1c(N)c2cnn3cc(-c4cccnc4)cc3c2n1C. The predicted octanol–water partition coefficient (Wildman–Crippen LogP) is 3.03. The Morgan fingerprint density at radius 1 is 1.23 bits per heavy atom. The van der Waals surface area contributed by atoms with Gasteiger partial charge in [-0.05, 0) is 18.6 Å². The molecule has 0 unspecified atom stereocenters. The predicted molar refractivity (Wildman–Crippen MR) is 88.7 cm³/mol. The quantitative estimate of drug-likeness (QED) is 0.617. The molecule has 4 heterocycles. The molecule has 4 aromatic heterocycles. The molecule has 0 spiro atoms. The lowest BCUT2D eigenvalue weighted by molar-refractivity contribution is 0.864. The maximum absolute atomic E-state index is 6.28. The Balaban J connectivity index is 2.06. The minimum Gasteiger partial charge on any atom is -0.397 e. The van der Waals surface area contributed by atoms with E-state index in [0.717, 1.165) is 45.3 Å². The molecule has 0 fully saturated rings. The first-order valence-corrected chi connectivity index (χ1v) is 7.35. The summed E-state index contributed by atoms with van der Waals surface area (Å²) in [5, 5.41) is 5.52. The lowest BCUT2D eigenvalue weighted by atomic mass is 10.1. The van der Waals surface area contributed by atoms with E-state index in [9.17, 15) is 0 Å². The van der Waals surface area contributed by atoms with Crippen LogP contribution in [0, 0.1) is 0 Å². The summed E-state index contributed by atoms with van der Waals surface area (Å²) in [6, 6.07) is 6.14. The van der Waals surface area contributed by atoms with Crippen LogP contribution in [0.5, 0.6) is 0 Å². The highest BCUT2D eigenvalue weighted by Crippen LogP contribution is 2.32. The normalized spacial score (nSPS) is 11.5. The number of hydrogen-bond donors (Lipinski definition) is 1. The Morgan fingerprint density at radius 3 is 2.82 bits per heavy atom. The Labute approximate surface area is 128 Å². The van der Waals surface area contributed by atoms with Gasteiger partial charge in [0.05, 0.1) is 22.9 Å². The summed E-state index contributed by atoms with van der Waals surface area (Å²) in [5.74, 6) is 0. The average molecular weight is 291 g/mol. The van der Waals surface area contributed by atoms with Gasteiger partial charge in [-0.25, -0.2) is 4.52 Å². The number of pyridine rings is 1. The molecule has 0 aliphatic carbocycles. The molecular formula is C17H17N5. The number of aryl methyl sites for hydroxylation is 1. The van der Waals surface area contributed by atoms with E-state index >= 15 is 0 Å². The molecule has 22 heavy (non-hydrogen) atoms. The molecule has 0 aliphatic rings. The lowest BCUT2D eigenvalue weighted by Gasteiger charge is -2.02. The standard InChI is InChI=1S/C17H17N5/c1-3-14-16(18)13-9-20-22-10-12(11-5-4-6-19-8-11)7-15(22)17(13)21(14)2/h4-10H,3,18H2,1-2H3. The summed E-state index contributed by atoms with van der Waals surface area (Å²) in [5.41, 5.74) is 12.6. The van der Waals surface area contributed by atoms with Crippen LogP contribution in [0.2, 0.25) is 0 Å². The van der Waals surface area contributed by atoms with Crippen molar-refractivity contribution in [3.05, 3.63) is 48.7 Å². The molecule has 5 nitrogen and oxygen atoms in total. The number of nitrogens with two attached hydrogens (primary N) is 1. The van der Waals surface area contributed by atoms with Crippen molar-refractivity contribution in [3.8, 4) is 11.1 Å². The van der Waals surface area contributed by atoms with Crippen molar-refractivity contribution in [2.45, 2.75) is 13.3 Å². The monoisotopic (exact) mass is 291 g/mol. The molecule has 0 aromatic carbocycles. The van der Waals surface area contributed by atoms with E-state index in [1.165, 1.54) is 0 Å². The van der Waals surface area contributed by atoms with Crippen molar-refractivity contribution >= 4 is 22.1 Å². The maximum atomic E-state index is 6.28. The van der Waals surface area contributed by atoms with Gasteiger partial charge in [0.25, 0.3) is 0 Å². The van der Waals surface area contributed by atoms with Crippen LogP contribution in [0.1, 0.15) is 12.6 Å². The van der Waals surface area contributed by atoms with Crippen molar-refractivity contribution in [3.63, 3.8) is 0 Å². The Bertz CT molecular complexity index is 979. The van der Waals surface area contributed by atoms with Crippen LogP contribution in [0.3, 0.4) is 0 Å². The van der Waals surface area contributed by atoms with Gasteiger partial charge in [-0.1, -0.05) is 13.0 Å². The minimum atomic E-state index is 0.833. The van der Waals surface area contributed by atoms with E-state index in [4.69, 9.17) is 5.73 Å². The van der Waals surface area contributed by atoms with Gasteiger partial charge in [0, 0.05) is 47.8 Å². The molecule has 0 amide bonds. The van der Waals surface area contributed by atoms with Crippen molar-refractivity contribution < 1.29 is 0 Å². The number of hydrogen-bond acceptors (Lipinski definition) is 3. The van der Waals surface area contributed by atoms with Crippen LogP contribution < -0.4 is 5.73 Å². The highest BCUT2D eigenvalue weighted by atomic mass is 15.2. The van der Waals surface area contributed by atoms with Crippen molar-refractivity contribution in [2.24, 2.45) is 7.05 Å². The van der Waals surface area contributed by atoms with E-state index in [0.29, 0.717) is 0 Å². The molecule has 0 saturated carbocycles. The first-order valence-electron chi connectivity index (χ1n) is 7.35. The first-order chi connectivity index (χ1) is 10.7. The summed E-state index contributed by atoms with van der Waals surface area (Å²) in [7, 11) is 2.06. The molecule has 0 saturated heterocycles. The van der Waals surface area contributed by atoms with Crippen LogP contribution >= 0.6 is 0 Å². The summed E-state index contributed by atoms with van der Waals surface area (Å²) >= 11 is 0. The molecule has 4 aromatic rings. The van der Waals surface area contributed by atoms with Gasteiger partial charge >= 0.3 is 0 Å². The van der Waals surface area contributed by atoms with Crippen LogP contribution in [0.15, 0.2) is 43.0 Å². The van der Waals surface area contributed by atoms with Gasteiger partial charge in [-0.3, -0.25) is 4.98 Å². The Hall–Kier alpha value is -2.82. The van der Waals surface area contributed by atoms with E-state index < -0.39 is 0 Å². The topological polar surface area (TPSA) is 61.1 Å². The molecule has 0 radical (unpaired) electrons. The van der Waals surface area contributed by atoms with Crippen molar-refractivity contribution in [1.82, 2.24) is 19.2 Å². The fourth-order valence-corrected chi connectivity index (χ4v) is 3.18. The molecule has 2 N–H and O–H groups in total. The Kier molecular flexibility index (Phi) is 2.69. The zero-order valence-electron chi connectivity index (χ0n) is 12.6. The second-order valence-corrected chi connectivity index (χ2v) is 5.48. The van der Waals surface area contributed by atoms with Gasteiger partial charge < -0.3 is 10.3 Å². The Morgan fingerprint density at radius 2 is 2.09 bits per heavy atom.